The van der Waals surface area contributed by atoms with Gasteiger partial charge in [0, 0.05) is 0 Å². The van der Waals surface area contributed by atoms with E-state index >= 15 is 0 Å². The lowest BCUT2D eigenvalue weighted by molar-refractivity contribution is -0.906. The summed E-state index contributed by atoms with van der Waals surface area (Å²) < 4.78 is 25.1. The molecule has 0 heterocycles. The van der Waals surface area contributed by atoms with E-state index in [0.29, 0.717) is 0 Å². The number of hydrogen-bond acceptors (Lipinski definition) is 2. The van der Waals surface area contributed by atoms with Crippen molar-refractivity contribution in [1.82, 2.24) is 0 Å². The largest absolute Gasteiger partial charge is 0.311 e. The van der Waals surface area contributed by atoms with Gasteiger partial charge in [0.05, 0.1) is 26.2 Å². The number of nitrogens with zero attached hydrogens (tertiary/aromatic N) is 1. The van der Waals surface area contributed by atoms with E-state index in [-0.39, 0.29) is 0 Å². The second kappa shape index (κ2) is 11.3. The number of thiol groups is 1. The quantitative estimate of drug-likeness (QED) is 0.302. The third-order valence-electron chi connectivity index (χ3n) is 2.07. The molecule has 0 fully saturated rings. The molecule has 0 aromatic heterocycles. The Labute approximate surface area is 106 Å². The van der Waals surface area contributed by atoms with Gasteiger partial charge in [-0.1, -0.05) is 26.3 Å². The van der Waals surface area contributed by atoms with Crippen molar-refractivity contribution in [2.24, 2.45) is 0 Å². The van der Waals surface area contributed by atoms with Crippen LogP contribution in [-0.2, 0) is 11.0 Å². The van der Waals surface area contributed by atoms with Crippen LogP contribution in [0.1, 0.15) is 0 Å². The van der Waals surface area contributed by atoms with Crippen LogP contribution in [0.4, 0.5) is 0 Å². The maximum atomic E-state index is 8.59. The Kier molecular flexibility index (Phi) is 12.1. The molecule has 0 aliphatic rings. The molecule has 0 spiro atoms. The van der Waals surface area contributed by atoms with Crippen LogP contribution in [0.15, 0.2) is 50.6 Å². The summed E-state index contributed by atoms with van der Waals surface area (Å²) in [6.07, 6.45) is 7.76. The Balaban J connectivity index is 0. The lowest BCUT2D eigenvalue weighted by atomic mass is 10.3. The van der Waals surface area contributed by atoms with E-state index in [1.807, 2.05) is 24.3 Å². The Hall–Kier alpha value is -1.17. The molecule has 0 radical (unpaired) electrons. The van der Waals surface area contributed by atoms with Gasteiger partial charge >= 0.3 is 0 Å². The predicted octanol–water partition coefficient (Wildman–Crippen LogP) is 1.62. The van der Waals surface area contributed by atoms with Crippen molar-refractivity contribution in [2.45, 2.75) is 0 Å². The zero-order valence-electron chi connectivity index (χ0n) is 10.1. The number of hydrogen-bond donors (Lipinski definition) is 2. The standard InChI is InChI=1S/C12H20N.H2O3S/c1-5-9-13(10-6-2,11-7-3)12-8-4;1-4(2)3/h5-8H,1-4,9-12H2;4H,(H,1,2,3)/q+1;. The highest BCUT2D eigenvalue weighted by Gasteiger charge is 2.20. The Morgan fingerprint density at radius 1 is 0.824 bits per heavy atom. The van der Waals surface area contributed by atoms with Crippen LogP contribution in [-0.4, -0.2) is 43.6 Å². The van der Waals surface area contributed by atoms with Gasteiger partial charge in [-0.15, -0.1) is 0 Å². The predicted molar refractivity (Wildman–Crippen MR) is 73.5 cm³/mol. The molecule has 0 bridgehead atoms. The molecule has 0 saturated heterocycles. The van der Waals surface area contributed by atoms with E-state index in [1.165, 1.54) is 0 Å². The van der Waals surface area contributed by atoms with Crippen molar-refractivity contribution >= 4 is 11.0 Å². The van der Waals surface area contributed by atoms with Crippen LogP contribution in [0.25, 0.3) is 0 Å². The second-order valence-electron chi connectivity index (χ2n) is 3.46. The zero-order chi connectivity index (χ0) is 13.7. The molecule has 5 heteroatoms. The van der Waals surface area contributed by atoms with Gasteiger partial charge in [-0.2, -0.15) is 0 Å². The first kappa shape index (κ1) is 18.2. The third-order valence-corrected chi connectivity index (χ3v) is 2.07. The summed E-state index contributed by atoms with van der Waals surface area (Å²) in [4.78, 5) is 0. The van der Waals surface area contributed by atoms with Gasteiger partial charge in [-0.05, 0) is 24.3 Å². The summed E-state index contributed by atoms with van der Waals surface area (Å²) in [6, 6.07) is 0. The van der Waals surface area contributed by atoms with E-state index in [2.05, 4.69) is 26.3 Å². The first-order chi connectivity index (χ1) is 7.97. The fourth-order valence-corrected chi connectivity index (χ4v) is 1.54. The molecule has 0 aromatic rings. The molecule has 0 unspecified atom stereocenters. The molecule has 1 N–H and O–H groups in total. The van der Waals surface area contributed by atoms with Gasteiger partial charge in [0.1, 0.15) is 0 Å². The first-order valence-electron chi connectivity index (χ1n) is 5.10. The van der Waals surface area contributed by atoms with Crippen molar-refractivity contribution < 1.29 is 17.5 Å². The number of quaternary nitrogens is 1. The zero-order valence-corrected chi connectivity index (χ0v) is 11.0. The van der Waals surface area contributed by atoms with E-state index in [0.717, 1.165) is 30.7 Å². The third kappa shape index (κ3) is 11.1. The number of rotatable bonds is 8. The average molecular weight is 260 g/mol. The molecule has 17 heavy (non-hydrogen) atoms. The summed E-state index contributed by atoms with van der Waals surface area (Å²) in [7, 11) is -3.12. The van der Waals surface area contributed by atoms with Crippen LogP contribution in [0.5, 0.6) is 0 Å². The minimum atomic E-state index is -3.12. The summed E-state index contributed by atoms with van der Waals surface area (Å²) in [5.41, 5.74) is 0. The fraction of sp³-hybridized carbons (Fsp3) is 0.333. The second-order valence-corrected chi connectivity index (χ2v) is 3.94. The van der Waals surface area contributed by atoms with Crippen LogP contribution < -0.4 is 0 Å². The average Bonchev–Trinajstić information content (AvgIpc) is 2.18. The molecule has 0 saturated carbocycles. The van der Waals surface area contributed by atoms with Gasteiger partial charge < -0.3 is 4.48 Å². The fourth-order valence-electron chi connectivity index (χ4n) is 1.54. The van der Waals surface area contributed by atoms with Crippen molar-refractivity contribution in [3.05, 3.63) is 50.6 Å². The topological polar surface area (TPSA) is 54.4 Å². The minimum Gasteiger partial charge on any atom is -0.311 e. The maximum Gasteiger partial charge on any atom is 0.254 e. The van der Waals surface area contributed by atoms with Crippen molar-refractivity contribution in [3.8, 4) is 0 Å². The van der Waals surface area contributed by atoms with E-state index in [9.17, 15) is 0 Å². The molecule has 4 nitrogen and oxygen atoms in total. The normalized spacial score (nSPS) is 10.0. The summed E-state index contributed by atoms with van der Waals surface area (Å²) >= 11 is 0. The molecular formula is C12H22NO3S+. The molecule has 0 aliphatic heterocycles. The van der Waals surface area contributed by atoms with Crippen LogP contribution in [0.3, 0.4) is 0 Å². The Morgan fingerprint density at radius 2 is 1.00 bits per heavy atom. The van der Waals surface area contributed by atoms with Gasteiger partial charge in [-0.25, -0.2) is 8.42 Å². The molecule has 98 valence electrons. The highest BCUT2D eigenvalue weighted by atomic mass is 32.2. The summed E-state index contributed by atoms with van der Waals surface area (Å²) in [6.45, 7) is 18.8. The Morgan fingerprint density at radius 3 is 1.12 bits per heavy atom. The molecular weight excluding hydrogens is 238 g/mol. The smallest absolute Gasteiger partial charge is 0.254 e. The van der Waals surface area contributed by atoms with E-state index in [4.69, 9.17) is 13.0 Å². The highest BCUT2D eigenvalue weighted by Crippen LogP contribution is 2.07. The lowest BCUT2D eigenvalue weighted by Crippen LogP contribution is -2.48. The molecule has 0 aliphatic carbocycles. The Bertz CT molecular complexity index is 268. The van der Waals surface area contributed by atoms with Crippen LogP contribution in [0.2, 0.25) is 0 Å². The molecule has 0 atom stereocenters. The maximum absolute atomic E-state index is 8.59. The van der Waals surface area contributed by atoms with Gasteiger partial charge in [-0.3, -0.25) is 4.55 Å². The van der Waals surface area contributed by atoms with Crippen molar-refractivity contribution in [3.63, 3.8) is 0 Å². The van der Waals surface area contributed by atoms with Gasteiger partial charge in [0.15, 0.2) is 0 Å². The van der Waals surface area contributed by atoms with E-state index in [1.54, 1.807) is 0 Å². The lowest BCUT2D eigenvalue weighted by Gasteiger charge is -2.35. The van der Waals surface area contributed by atoms with Crippen LogP contribution >= 0.6 is 0 Å². The highest BCUT2D eigenvalue weighted by molar-refractivity contribution is 7.66. The summed E-state index contributed by atoms with van der Waals surface area (Å²) in [5, 5.41) is 0. The summed E-state index contributed by atoms with van der Waals surface area (Å²) in [5.74, 6) is 0. The SMILES string of the molecule is C=CC[N+](CC=C)(CC=C)CC=C.O=[SH](=O)O. The van der Waals surface area contributed by atoms with Crippen LogP contribution in [0, 0.1) is 0 Å². The minimum absolute atomic E-state index is 0.903. The van der Waals surface area contributed by atoms with Crippen molar-refractivity contribution in [2.75, 3.05) is 26.2 Å². The molecule has 0 aromatic carbocycles. The van der Waals surface area contributed by atoms with Crippen molar-refractivity contribution in [1.29, 1.82) is 0 Å². The van der Waals surface area contributed by atoms with E-state index < -0.39 is 11.0 Å². The molecule has 0 rings (SSSR count). The monoisotopic (exact) mass is 260 g/mol. The first-order valence-corrected chi connectivity index (χ1v) is 6.23. The van der Waals surface area contributed by atoms with Gasteiger partial charge in [0.2, 0.25) is 0 Å². The van der Waals surface area contributed by atoms with Gasteiger partial charge in [0.25, 0.3) is 11.0 Å². The molecule has 0 amide bonds.